The Hall–Kier alpha value is -1.28. The lowest BCUT2D eigenvalue weighted by molar-refractivity contribution is 0.00206. The summed E-state index contributed by atoms with van der Waals surface area (Å²) >= 11 is 5.91. The molecule has 0 aromatic carbocycles. The third-order valence-corrected chi connectivity index (χ3v) is 3.38. The van der Waals surface area contributed by atoms with Crippen molar-refractivity contribution in [3.8, 4) is 0 Å². The van der Waals surface area contributed by atoms with E-state index >= 15 is 0 Å². The van der Waals surface area contributed by atoms with E-state index in [0.29, 0.717) is 17.8 Å². The molecule has 0 aliphatic carbocycles. The summed E-state index contributed by atoms with van der Waals surface area (Å²) in [4.78, 5) is 12.1. The van der Waals surface area contributed by atoms with Gasteiger partial charge in [-0.1, -0.05) is 11.6 Å². The number of aliphatic hydroxyl groups excluding tert-OH is 2. The summed E-state index contributed by atoms with van der Waals surface area (Å²) in [6.07, 6.45) is 1.50. The Morgan fingerprint density at radius 1 is 1.44 bits per heavy atom. The van der Waals surface area contributed by atoms with Crippen LogP contribution in [0.3, 0.4) is 0 Å². The van der Waals surface area contributed by atoms with Crippen molar-refractivity contribution in [3.05, 3.63) is 17.8 Å². The fourth-order valence-corrected chi connectivity index (χ4v) is 2.32. The quantitative estimate of drug-likeness (QED) is 0.733. The zero-order valence-corrected chi connectivity index (χ0v) is 10.0. The molecular weight excluding hydrogens is 260 g/mol. The van der Waals surface area contributed by atoms with Crippen LogP contribution in [-0.2, 0) is 4.74 Å². The smallest absolute Gasteiger partial charge is 0.165 e. The van der Waals surface area contributed by atoms with Gasteiger partial charge >= 0.3 is 0 Å². The van der Waals surface area contributed by atoms with Gasteiger partial charge < -0.3 is 19.5 Å². The maximum absolute atomic E-state index is 10.0. The topological polar surface area (TPSA) is 93.3 Å². The van der Waals surface area contributed by atoms with Gasteiger partial charge in [0, 0.05) is 0 Å². The predicted octanol–water partition coefficient (Wildman–Crippen LogP) is -0.227. The molecule has 96 valence electrons. The van der Waals surface area contributed by atoms with E-state index in [-0.39, 0.29) is 17.8 Å². The van der Waals surface area contributed by atoms with Gasteiger partial charge in [0.25, 0.3) is 0 Å². The first kappa shape index (κ1) is 11.8. The third kappa shape index (κ3) is 1.67. The van der Waals surface area contributed by atoms with Gasteiger partial charge in [-0.15, -0.1) is 0 Å². The van der Waals surface area contributed by atoms with E-state index in [2.05, 4.69) is 15.0 Å². The molecule has 0 saturated carbocycles. The standard InChI is InChI=1S/C10H11ClN4O3/c11-9-7-10(13-3-12-9)15(4-14-7)5-2-18-6(1-16)8(5)17/h3-6,8,16-17H,1-2H2. The molecule has 8 heteroatoms. The maximum atomic E-state index is 10.0. The van der Waals surface area contributed by atoms with Gasteiger partial charge in [0.15, 0.2) is 10.8 Å². The molecule has 1 aliphatic heterocycles. The van der Waals surface area contributed by atoms with Crippen LogP contribution in [0, 0.1) is 0 Å². The molecule has 3 heterocycles. The van der Waals surface area contributed by atoms with Gasteiger partial charge in [-0.2, -0.15) is 0 Å². The highest BCUT2D eigenvalue weighted by Crippen LogP contribution is 2.28. The molecule has 1 aliphatic rings. The lowest BCUT2D eigenvalue weighted by Gasteiger charge is -2.17. The first-order valence-electron chi connectivity index (χ1n) is 5.46. The van der Waals surface area contributed by atoms with Gasteiger partial charge in [-0.3, -0.25) is 0 Å². The van der Waals surface area contributed by atoms with E-state index in [9.17, 15) is 5.11 Å². The lowest BCUT2D eigenvalue weighted by Crippen LogP contribution is -2.30. The SMILES string of the molecule is OCC1OCC(n2cnc3c(Cl)ncnc32)C1O. The number of hydrogen-bond donors (Lipinski definition) is 2. The second kappa shape index (κ2) is 4.43. The Kier molecular flexibility index (Phi) is 2.90. The average molecular weight is 271 g/mol. The molecule has 2 aromatic rings. The highest BCUT2D eigenvalue weighted by atomic mass is 35.5. The zero-order valence-electron chi connectivity index (χ0n) is 9.27. The van der Waals surface area contributed by atoms with E-state index in [0.717, 1.165) is 0 Å². The van der Waals surface area contributed by atoms with Crippen LogP contribution in [0.1, 0.15) is 6.04 Å². The molecule has 3 unspecified atom stereocenters. The van der Waals surface area contributed by atoms with Gasteiger partial charge in [0.2, 0.25) is 0 Å². The molecule has 2 N–H and O–H groups in total. The second-order valence-corrected chi connectivity index (χ2v) is 4.46. The number of fused-ring (bicyclic) bond motifs is 1. The molecule has 1 fully saturated rings. The van der Waals surface area contributed by atoms with Crippen LogP contribution in [0.4, 0.5) is 0 Å². The number of aromatic nitrogens is 4. The van der Waals surface area contributed by atoms with Crippen molar-refractivity contribution in [2.75, 3.05) is 13.2 Å². The van der Waals surface area contributed by atoms with E-state index in [1.807, 2.05) is 0 Å². The molecule has 18 heavy (non-hydrogen) atoms. The summed E-state index contributed by atoms with van der Waals surface area (Å²) in [5.41, 5.74) is 1.03. The first-order valence-corrected chi connectivity index (χ1v) is 5.83. The Bertz CT molecular complexity index is 575. The van der Waals surface area contributed by atoms with Gasteiger partial charge in [-0.05, 0) is 0 Å². The Balaban J connectivity index is 2.03. The average Bonchev–Trinajstić information content (AvgIpc) is 2.93. The molecule has 7 nitrogen and oxygen atoms in total. The van der Waals surface area contributed by atoms with Crippen molar-refractivity contribution in [2.24, 2.45) is 0 Å². The molecular formula is C10H11ClN4O3. The van der Waals surface area contributed by atoms with E-state index in [1.54, 1.807) is 10.9 Å². The van der Waals surface area contributed by atoms with Crippen molar-refractivity contribution in [3.63, 3.8) is 0 Å². The van der Waals surface area contributed by atoms with E-state index in [4.69, 9.17) is 21.4 Å². The molecule has 1 saturated heterocycles. The predicted molar refractivity (Wildman–Crippen MR) is 62.2 cm³/mol. The van der Waals surface area contributed by atoms with Crippen LogP contribution in [0.15, 0.2) is 12.7 Å². The van der Waals surface area contributed by atoms with Crippen LogP contribution in [-0.4, -0.2) is 55.2 Å². The third-order valence-electron chi connectivity index (χ3n) is 3.11. The molecule has 0 bridgehead atoms. The number of halogens is 1. The van der Waals surface area contributed by atoms with Crippen molar-refractivity contribution < 1.29 is 14.9 Å². The summed E-state index contributed by atoms with van der Waals surface area (Å²) in [5, 5.41) is 19.4. The summed E-state index contributed by atoms with van der Waals surface area (Å²) in [7, 11) is 0. The number of imidazole rings is 1. The number of ether oxygens (including phenoxy) is 1. The van der Waals surface area contributed by atoms with E-state index < -0.39 is 12.2 Å². The number of hydrogen-bond acceptors (Lipinski definition) is 6. The fraction of sp³-hybridized carbons (Fsp3) is 0.500. The first-order chi connectivity index (χ1) is 8.72. The zero-order chi connectivity index (χ0) is 12.7. The van der Waals surface area contributed by atoms with Crippen molar-refractivity contribution in [1.82, 2.24) is 19.5 Å². The Morgan fingerprint density at radius 3 is 3.00 bits per heavy atom. The van der Waals surface area contributed by atoms with Crippen LogP contribution in [0.5, 0.6) is 0 Å². The highest BCUT2D eigenvalue weighted by Gasteiger charge is 2.37. The normalized spacial score (nSPS) is 28.1. The van der Waals surface area contributed by atoms with Gasteiger partial charge in [-0.25, -0.2) is 15.0 Å². The molecule has 0 amide bonds. The Labute approximate surface area is 107 Å². The molecule has 3 rings (SSSR count). The van der Waals surface area contributed by atoms with Gasteiger partial charge in [0.1, 0.15) is 24.1 Å². The Morgan fingerprint density at radius 2 is 2.28 bits per heavy atom. The summed E-state index contributed by atoms with van der Waals surface area (Å²) in [6.45, 7) is 0.0690. The van der Waals surface area contributed by atoms with Crippen molar-refractivity contribution in [1.29, 1.82) is 0 Å². The van der Waals surface area contributed by atoms with Crippen LogP contribution >= 0.6 is 11.6 Å². The van der Waals surface area contributed by atoms with E-state index in [1.165, 1.54) is 6.33 Å². The van der Waals surface area contributed by atoms with Crippen LogP contribution in [0.2, 0.25) is 5.15 Å². The molecule has 0 radical (unpaired) electrons. The van der Waals surface area contributed by atoms with Crippen molar-refractivity contribution >= 4 is 22.8 Å². The minimum Gasteiger partial charge on any atom is -0.394 e. The lowest BCUT2D eigenvalue weighted by atomic mass is 10.1. The number of rotatable bonds is 2. The van der Waals surface area contributed by atoms with Crippen LogP contribution in [0.25, 0.3) is 11.2 Å². The highest BCUT2D eigenvalue weighted by molar-refractivity contribution is 6.33. The van der Waals surface area contributed by atoms with Crippen LogP contribution < -0.4 is 0 Å². The van der Waals surface area contributed by atoms with Crippen molar-refractivity contribution in [2.45, 2.75) is 18.2 Å². The number of nitrogens with zero attached hydrogens (tertiary/aromatic N) is 4. The summed E-state index contributed by atoms with van der Waals surface area (Å²) < 4.78 is 7.00. The summed E-state index contributed by atoms with van der Waals surface area (Å²) in [6, 6.07) is -0.335. The number of aliphatic hydroxyl groups is 2. The fourth-order valence-electron chi connectivity index (χ4n) is 2.14. The largest absolute Gasteiger partial charge is 0.394 e. The summed E-state index contributed by atoms with van der Waals surface area (Å²) in [5.74, 6) is 0. The maximum Gasteiger partial charge on any atom is 0.165 e. The second-order valence-electron chi connectivity index (χ2n) is 4.10. The minimum absolute atomic E-state index is 0.222. The molecule has 0 spiro atoms. The molecule has 2 aromatic heterocycles. The monoisotopic (exact) mass is 270 g/mol. The van der Waals surface area contributed by atoms with Gasteiger partial charge in [0.05, 0.1) is 25.6 Å². The molecule has 3 atom stereocenters. The minimum atomic E-state index is -0.804.